The van der Waals surface area contributed by atoms with Crippen molar-refractivity contribution in [3.05, 3.63) is 36.5 Å². The molecule has 1 rings (SSSR count). The maximum atomic E-state index is 13.0. The van der Waals surface area contributed by atoms with Gasteiger partial charge < -0.3 is 5.11 Å². The smallest absolute Gasteiger partial charge is 0.168 e. The largest absolute Gasteiger partial charge is 0.388 e. The number of aliphatic hydroxyl groups is 1. The predicted molar refractivity (Wildman–Crippen MR) is 45.3 cm³/mol. The van der Waals surface area contributed by atoms with Gasteiger partial charge in [-0.15, -0.1) is 0 Å². The molecule has 0 aliphatic carbocycles. The second-order valence-electron chi connectivity index (χ2n) is 2.45. The Morgan fingerprint density at radius 3 is 2.46 bits per heavy atom. The van der Waals surface area contributed by atoms with Crippen LogP contribution < -0.4 is 0 Å². The summed E-state index contributed by atoms with van der Waals surface area (Å²) in [6.45, 7) is 3.16. The molecule has 1 unspecified atom stereocenters. The van der Waals surface area contributed by atoms with Crippen molar-refractivity contribution in [3.8, 4) is 0 Å². The maximum Gasteiger partial charge on any atom is 0.168 e. The molecule has 1 aromatic carbocycles. The molecule has 71 valence electrons. The lowest BCUT2D eigenvalue weighted by atomic mass is 10.1. The third-order valence-corrected chi connectivity index (χ3v) is 2.34. The van der Waals surface area contributed by atoms with E-state index in [2.05, 4.69) is 6.92 Å². The lowest BCUT2D eigenvalue weighted by molar-refractivity contribution is 0.217. The van der Waals surface area contributed by atoms with Gasteiger partial charge >= 0.3 is 0 Å². The van der Waals surface area contributed by atoms with E-state index in [1.807, 2.05) is 0 Å². The molecule has 13 heavy (non-hydrogen) atoms. The highest BCUT2D eigenvalue weighted by Gasteiger charge is 2.14. The standard InChI is InChI=1S/C8H8FO3S/c1-5(10)8-6(9)3-2-4-7(8)13(11)12/h2-5,10,13H,1H2. The molecule has 0 spiro atoms. The Morgan fingerprint density at radius 1 is 1.46 bits per heavy atom. The molecule has 0 aliphatic rings. The summed E-state index contributed by atoms with van der Waals surface area (Å²) >= 11 is 0. The summed E-state index contributed by atoms with van der Waals surface area (Å²) in [5.41, 5.74) is -0.279. The molecule has 3 nitrogen and oxygen atoms in total. The molecule has 0 aliphatic heterocycles. The van der Waals surface area contributed by atoms with Gasteiger partial charge in [0.05, 0.1) is 11.0 Å². The first-order valence-corrected chi connectivity index (χ1v) is 4.65. The van der Waals surface area contributed by atoms with E-state index in [-0.39, 0.29) is 10.5 Å². The summed E-state index contributed by atoms with van der Waals surface area (Å²) in [4.78, 5) is -0.225. The average Bonchev–Trinajstić information content (AvgIpc) is 2.02. The minimum Gasteiger partial charge on any atom is -0.388 e. The second-order valence-corrected chi connectivity index (χ2v) is 3.44. The fourth-order valence-corrected chi connectivity index (χ4v) is 1.68. The first-order valence-electron chi connectivity index (χ1n) is 3.48. The van der Waals surface area contributed by atoms with Crippen LogP contribution in [0.2, 0.25) is 0 Å². The van der Waals surface area contributed by atoms with Gasteiger partial charge in [0.15, 0.2) is 10.7 Å². The average molecular weight is 203 g/mol. The molecular formula is C8H8FO3S. The van der Waals surface area contributed by atoms with Crippen LogP contribution >= 0.6 is 0 Å². The van der Waals surface area contributed by atoms with Crippen molar-refractivity contribution in [2.24, 2.45) is 0 Å². The summed E-state index contributed by atoms with van der Waals surface area (Å²) < 4.78 is 34.2. The fourth-order valence-electron chi connectivity index (χ4n) is 1.01. The Hall–Kier alpha value is -0.940. The minimum atomic E-state index is -2.91. The first-order chi connectivity index (χ1) is 6.04. The molecule has 1 atom stereocenters. The lowest BCUT2D eigenvalue weighted by Gasteiger charge is -2.07. The van der Waals surface area contributed by atoms with Crippen LogP contribution in [0.25, 0.3) is 0 Å². The van der Waals surface area contributed by atoms with Crippen LogP contribution in [0.15, 0.2) is 23.1 Å². The van der Waals surface area contributed by atoms with Crippen LogP contribution in [0.4, 0.5) is 4.39 Å². The topological polar surface area (TPSA) is 54.4 Å². The van der Waals surface area contributed by atoms with Gasteiger partial charge in [-0.3, -0.25) is 0 Å². The number of benzene rings is 1. The lowest BCUT2D eigenvalue weighted by Crippen LogP contribution is -2.01. The SMILES string of the molecule is [CH2]C(O)c1c(F)cccc1[SH](=O)=O. The van der Waals surface area contributed by atoms with Crippen LogP contribution in [-0.4, -0.2) is 13.5 Å². The van der Waals surface area contributed by atoms with E-state index >= 15 is 0 Å². The quantitative estimate of drug-likeness (QED) is 0.694. The second kappa shape index (κ2) is 3.85. The third-order valence-electron chi connectivity index (χ3n) is 1.56. The Labute approximate surface area is 76.8 Å². The Morgan fingerprint density at radius 2 is 2.08 bits per heavy atom. The van der Waals surface area contributed by atoms with Crippen molar-refractivity contribution in [1.82, 2.24) is 0 Å². The van der Waals surface area contributed by atoms with Gasteiger partial charge in [0.1, 0.15) is 5.82 Å². The summed E-state index contributed by atoms with van der Waals surface area (Å²) in [6, 6.07) is 3.56. The number of thiol groups is 1. The molecule has 0 heterocycles. The Balaban J connectivity index is 3.43. The van der Waals surface area contributed by atoms with E-state index in [1.165, 1.54) is 12.1 Å². The molecule has 0 amide bonds. The first kappa shape index (κ1) is 10.1. The Kier molecular flexibility index (Phi) is 3.00. The molecule has 1 N–H and O–H groups in total. The zero-order valence-electron chi connectivity index (χ0n) is 6.61. The molecule has 5 heteroatoms. The van der Waals surface area contributed by atoms with Crippen LogP contribution in [0.5, 0.6) is 0 Å². The minimum absolute atomic E-state index is 0.225. The van der Waals surface area contributed by atoms with Crippen LogP contribution in [0.3, 0.4) is 0 Å². The van der Waals surface area contributed by atoms with E-state index in [9.17, 15) is 12.8 Å². The van der Waals surface area contributed by atoms with Crippen molar-refractivity contribution in [1.29, 1.82) is 0 Å². The molecule has 0 fully saturated rings. The number of halogens is 1. The van der Waals surface area contributed by atoms with Crippen molar-refractivity contribution >= 4 is 10.7 Å². The van der Waals surface area contributed by atoms with E-state index in [4.69, 9.17) is 5.11 Å². The molecule has 0 saturated heterocycles. The molecule has 0 aromatic heterocycles. The summed E-state index contributed by atoms with van der Waals surface area (Å²) in [7, 11) is -2.91. The third kappa shape index (κ3) is 2.05. The molecule has 1 radical (unpaired) electrons. The highest BCUT2D eigenvalue weighted by Crippen LogP contribution is 2.21. The van der Waals surface area contributed by atoms with Crippen molar-refractivity contribution in [3.63, 3.8) is 0 Å². The molecule has 0 bridgehead atoms. The van der Waals surface area contributed by atoms with Gasteiger partial charge in [0, 0.05) is 5.56 Å². The predicted octanol–water partition coefficient (Wildman–Crippen LogP) is 0.663. The molecule has 1 aromatic rings. The van der Waals surface area contributed by atoms with Gasteiger partial charge in [-0.1, -0.05) is 6.07 Å². The Bertz CT molecular complexity index is 377. The number of hydrogen-bond acceptors (Lipinski definition) is 3. The monoisotopic (exact) mass is 203 g/mol. The van der Waals surface area contributed by atoms with E-state index in [1.54, 1.807) is 0 Å². The number of rotatable bonds is 2. The zero-order chi connectivity index (χ0) is 10.0. The van der Waals surface area contributed by atoms with Gasteiger partial charge in [-0.2, -0.15) is 0 Å². The highest BCUT2D eigenvalue weighted by atomic mass is 32.2. The fraction of sp³-hybridized carbons (Fsp3) is 0.125. The van der Waals surface area contributed by atoms with Crippen LogP contribution in [0, 0.1) is 12.7 Å². The van der Waals surface area contributed by atoms with Crippen molar-refractivity contribution in [2.45, 2.75) is 11.0 Å². The molecule has 0 saturated carbocycles. The van der Waals surface area contributed by atoms with Gasteiger partial charge in [-0.05, 0) is 19.1 Å². The van der Waals surface area contributed by atoms with Crippen LogP contribution in [0.1, 0.15) is 11.7 Å². The highest BCUT2D eigenvalue weighted by molar-refractivity contribution is 7.72. The number of aliphatic hydroxyl groups excluding tert-OH is 1. The number of hydrogen-bond donors (Lipinski definition) is 2. The maximum absolute atomic E-state index is 13.0. The summed E-state index contributed by atoms with van der Waals surface area (Å²) in [5.74, 6) is -0.765. The van der Waals surface area contributed by atoms with Gasteiger partial charge in [0.25, 0.3) is 0 Å². The van der Waals surface area contributed by atoms with E-state index < -0.39 is 22.6 Å². The van der Waals surface area contributed by atoms with Gasteiger partial charge in [-0.25, -0.2) is 12.8 Å². The molecular weight excluding hydrogens is 195 g/mol. The van der Waals surface area contributed by atoms with E-state index in [0.717, 1.165) is 6.07 Å². The summed E-state index contributed by atoms with van der Waals surface area (Å²) in [5, 5.41) is 9.02. The van der Waals surface area contributed by atoms with Crippen molar-refractivity contribution < 1.29 is 17.9 Å². The van der Waals surface area contributed by atoms with Crippen LogP contribution in [-0.2, 0) is 10.7 Å². The van der Waals surface area contributed by atoms with E-state index in [0.29, 0.717) is 0 Å². The summed E-state index contributed by atoms with van der Waals surface area (Å²) in [6.07, 6.45) is -1.37. The normalized spacial score (nSPS) is 13.2. The zero-order valence-corrected chi connectivity index (χ0v) is 7.50. The van der Waals surface area contributed by atoms with Gasteiger partial charge in [0.2, 0.25) is 0 Å². The van der Waals surface area contributed by atoms with Crippen molar-refractivity contribution in [2.75, 3.05) is 0 Å².